The van der Waals surface area contributed by atoms with Crippen molar-refractivity contribution in [2.75, 3.05) is 26.2 Å². The zero-order valence-electron chi connectivity index (χ0n) is 14.7. The van der Waals surface area contributed by atoms with Crippen molar-refractivity contribution in [3.8, 4) is 0 Å². The van der Waals surface area contributed by atoms with E-state index in [1.165, 1.54) is 23.5 Å². The van der Waals surface area contributed by atoms with Gasteiger partial charge in [0.2, 0.25) is 0 Å². The molecule has 3 N–H and O–H groups in total. The molecule has 0 unspecified atom stereocenters. The van der Waals surface area contributed by atoms with Crippen LogP contribution in [0.1, 0.15) is 44.3 Å². The highest BCUT2D eigenvalue weighted by atomic mass is 32.1. The largest absolute Gasteiger partial charge is 0.370 e. The van der Waals surface area contributed by atoms with Crippen LogP contribution in [-0.2, 0) is 13.0 Å². The van der Waals surface area contributed by atoms with Crippen LogP contribution in [0.4, 0.5) is 0 Å². The van der Waals surface area contributed by atoms with Crippen molar-refractivity contribution in [1.29, 1.82) is 0 Å². The maximum atomic E-state index is 5.91. The molecule has 1 aromatic rings. The number of aliphatic imine (C=N–C) groups is 1. The van der Waals surface area contributed by atoms with Gasteiger partial charge in [0.25, 0.3) is 0 Å². The first-order valence-corrected chi connectivity index (χ1v) is 9.64. The van der Waals surface area contributed by atoms with E-state index in [0.29, 0.717) is 17.8 Å². The lowest BCUT2D eigenvalue weighted by Crippen LogP contribution is -2.40. The van der Waals surface area contributed by atoms with Crippen LogP contribution in [0.5, 0.6) is 0 Å². The maximum Gasteiger partial charge on any atom is 0.188 e. The number of aromatic nitrogens is 1. The van der Waals surface area contributed by atoms with E-state index in [-0.39, 0.29) is 0 Å². The number of nitrogens with zero attached hydrogens (tertiary/aromatic N) is 3. The van der Waals surface area contributed by atoms with Gasteiger partial charge in [0.05, 0.1) is 10.7 Å². The van der Waals surface area contributed by atoms with Gasteiger partial charge in [0, 0.05) is 25.0 Å². The van der Waals surface area contributed by atoms with E-state index < -0.39 is 0 Å². The summed E-state index contributed by atoms with van der Waals surface area (Å²) < 4.78 is 0. The quantitative estimate of drug-likeness (QED) is 0.592. The number of guanidine groups is 1. The number of likely N-dealkylation sites (tertiary alicyclic amines) is 1. The van der Waals surface area contributed by atoms with Crippen LogP contribution < -0.4 is 11.1 Å². The van der Waals surface area contributed by atoms with E-state index in [9.17, 15) is 0 Å². The minimum atomic E-state index is 0.553. The number of nitrogens with two attached hydrogens (primary N) is 1. The summed E-state index contributed by atoms with van der Waals surface area (Å²) in [5, 5.41) is 6.73. The second kappa shape index (κ2) is 9.23. The van der Waals surface area contributed by atoms with Gasteiger partial charge in [0.1, 0.15) is 0 Å². The molecule has 0 saturated carbocycles. The predicted octanol–water partition coefficient (Wildman–Crippen LogP) is 2.48. The van der Waals surface area contributed by atoms with Crippen molar-refractivity contribution < 1.29 is 0 Å². The van der Waals surface area contributed by atoms with Crippen molar-refractivity contribution in [3.05, 3.63) is 16.1 Å². The molecular weight excluding hydrogens is 306 g/mol. The van der Waals surface area contributed by atoms with Gasteiger partial charge in [-0.2, -0.15) is 0 Å². The van der Waals surface area contributed by atoms with Crippen molar-refractivity contribution in [2.45, 2.75) is 46.6 Å². The highest BCUT2D eigenvalue weighted by molar-refractivity contribution is 7.09. The minimum absolute atomic E-state index is 0.553. The molecule has 0 spiro atoms. The highest BCUT2D eigenvalue weighted by Crippen LogP contribution is 2.19. The second-order valence-corrected chi connectivity index (χ2v) is 7.75. The standard InChI is InChI=1S/C17H31N5S/c1-4-16-21-15(12-23-16)11-22-7-5-14(6-8-22)10-20-17(18)19-9-13(2)3/h12-14H,4-11H2,1-3H3,(H3,18,19,20). The molecule has 1 saturated heterocycles. The van der Waals surface area contributed by atoms with Crippen molar-refractivity contribution >= 4 is 17.3 Å². The normalized spacial score (nSPS) is 17.8. The molecule has 0 aromatic carbocycles. The third-order valence-electron chi connectivity index (χ3n) is 4.19. The zero-order chi connectivity index (χ0) is 16.7. The number of hydrogen-bond acceptors (Lipinski definition) is 4. The molecule has 1 aliphatic heterocycles. The molecule has 0 aliphatic carbocycles. The number of rotatable bonds is 7. The summed E-state index contributed by atoms with van der Waals surface area (Å²) in [5.74, 6) is 1.84. The fraction of sp³-hybridized carbons (Fsp3) is 0.765. The first-order chi connectivity index (χ1) is 11.1. The van der Waals surface area contributed by atoms with E-state index in [1.807, 2.05) is 0 Å². The van der Waals surface area contributed by atoms with Gasteiger partial charge < -0.3 is 11.1 Å². The SMILES string of the molecule is CCc1nc(CN2CCC(CNC(N)=NCC(C)C)CC2)cs1. The van der Waals surface area contributed by atoms with Crippen LogP contribution >= 0.6 is 11.3 Å². The molecule has 6 heteroatoms. The number of nitrogens with one attached hydrogen (secondary N) is 1. The molecule has 0 amide bonds. The van der Waals surface area contributed by atoms with Crippen LogP contribution in [0.3, 0.4) is 0 Å². The van der Waals surface area contributed by atoms with Gasteiger partial charge in [-0.05, 0) is 44.2 Å². The van der Waals surface area contributed by atoms with Crippen LogP contribution in [0, 0.1) is 11.8 Å². The van der Waals surface area contributed by atoms with Crippen LogP contribution in [0.25, 0.3) is 0 Å². The van der Waals surface area contributed by atoms with E-state index in [4.69, 9.17) is 5.73 Å². The Hall–Kier alpha value is -1.14. The summed E-state index contributed by atoms with van der Waals surface area (Å²) in [6, 6.07) is 0. The van der Waals surface area contributed by atoms with Gasteiger partial charge in [0.15, 0.2) is 5.96 Å². The third-order valence-corrected chi connectivity index (χ3v) is 5.24. The molecule has 2 heterocycles. The second-order valence-electron chi connectivity index (χ2n) is 6.81. The van der Waals surface area contributed by atoms with Gasteiger partial charge in [-0.3, -0.25) is 9.89 Å². The first kappa shape index (κ1) is 18.2. The van der Waals surface area contributed by atoms with Gasteiger partial charge >= 0.3 is 0 Å². The molecule has 0 atom stereocenters. The molecule has 0 radical (unpaired) electrons. The fourth-order valence-electron chi connectivity index (χ4n) is 2.75. The topological polar surface area (TPSA) is 66.5 Å². The molecule has 0 bridgehead atoms. The van der Waals surface area contributed by atoms with E-state index in [0.717, 1.165) is 39.1 Å². The zero-order valence-corrected chi connectivity index (χ0v) is 15.5. The van der Waals surface area contributed by atoms with Gasteiger partial charge in [-0.15, -0.1) is 11.3 Å². The Bertz CT molecular complexity index is 489. The molecule has 130 valence electrons. The minimum Gasteiger partial charge on any atom is -0.370 e. The lowest BCUT2D eigenvalue weighted by molar-refractivity contribution is 0.176. The Kier molecular flexibility index (Phi) is 7.30. The molecular formula is C17H31N5S. The van der Waals surface area contributed by atoms with Gasteiger partial charge in [-0.1, -0.05) is 20.8 Å². The Morgan fingerprint density at radius 3 is 2.83 bits per heavy atom. The Morgan fingerprint density at radius 1 is 1.48 bits per heavy atom. The summed E-state index contributed by atoms with van der Waals surface area (Å²) in [6.07, 6.45) is 3.47. The summed E-state index contributed by atoms with van der Waals surface area (Å²) >= 11 is 1.78. The highest BCUT2D eigenvalue weighted by Gasteiger charge is 2.19. The first-order valence-electron chi connectivity index (χ1n) is 8.76. The van der Waals surface area contributed by atoms with Crippen molar-refractivity contribution in [1.82, 2.24) is 15.2 Å². The van der Waals surface area contributed by atoms with Crippen molar-refractivity contribution in [3.63, 3.8) is 0 Å². The predicted molar refractivity (Wildman–Crippen MR) is 98.8 cm³/mol. The molecule has 5 nitrogen and oxygen atoms in total. The summed E-state index contributed by atoms with van der Waals surface area (Å²) in [4.78, 5) is 11.5. The van der Waals surface area contributed by atoms with Crippen LogP contribution in [0.15, 0.2) is 10.4 Å². The number of hydrogen-bond donors (Lipinski definition) is 2. The number of thiazole rings is 1. The van der Waals surface area contributed by atoms with E-state index in [1.54, 1.807) is 11.3 Å². The Balaban J connectivity index is 1.66. The molecule has 1 aliphatic rings. The lowest BCUT2D eigenvalue weighted by Gasteiger charge is -2.31. The number of aryl methyl sites for hydroxylation is 1. The van der Waals surface area contributed by atoms with Crippen LogP contribution in [-0.4, -0.2) is 42.0 Å². The average molecular weight is 338 g/mol. The lowest BCUT2D eigenvalue weighted by atomic mass is 9.97. The monoisotopic (exact) mass is 337 g/mol. The van der Waals surface area contributed by atoms with E-state index >= 15 is 0 Å². The van der Waals surface area contributed by atoms with Crippen LogP contribution in [0.2, 0.25) is 0 Å². The molecule has 1 fully saturated rings. The van der Waals surface area contributed by atoms with Crippen molar-refractivity contribution in [2.24, 2.45) is 22.6 Å². The van der Waals surface area contributed by atoms with E-state index in [2.05, 4.69) is 46.3 Å². The summed E-state index contributed by atoms with van der Waals surface area (Å²) in [6.45, 7) is 11.5. The smallest absolute Gasteiger partial charge is 0.188 e. The Labute approximate surface area is 144 Å². The van der Waals surface area contributed by atoms with Gasteiger partial charge in [-0.25, -0.2) is 4.98 Å². The molecule has 2 rings (SSSR count). The fourth-order valence-corrected chi connectivity index (χ4v) is 3.48. The third kappa shape index (κ3) is 6.47. The maximum absolute atomic E-state index is 5.91. The Morgan fingerprint density at radius 2 is 2.22 bits per heavy atom. The summed E-state index contributed by atoms with van der Waals surface area (Å²) in [7, 11) is 0. The molecule has 23 heavy (non-hydrogen) atoms. The molecule has 1 aromatic heterocycles. The summed E-state index contributed by atoms with van der Waals surface area (Å²) in [5.41, 5.74) is 7.14. The average Bonchev–Trinajstić information content (AvgIpc) is 3.00. The number of piperidine rings is 1.